The summed E-state index contributed by atoms with van der Waals surface area (Å²) >= 11 is 5.36. The standard InChI is InChI=1S/C12H18BrNS/c1-3-8-14-9-10(2)15-12-6-4-11(13)5-7-12/h4-7,10,14H,3,8-9H2,1-2H3. The lowest BCUT2D eigenvalue weighted by Gasteiger charge is -2.11. The number of halogens is 1. The molecule has 0 radical (unpaired) electrons. The molecule has 0 spiro atoms. The van der Waals surface area contributed by atoms with E-state index in [9.17, 15) is 0 Å². The van der Waals surface area contributed by atoms with Gasteiger partial charge in [-0.05, 0) is 37.2 Å². The van der Waals surface area contributed by atoms with Gasteiger partial charge in [-0.25, -0.2) is 0 Å². The van der Waals surface area contributed by atoms with Crippen LogP contribution in [0.3, 0.4) is 0 Å². The molecule has 0 amide bonds. The number of benzene rings is 1. The maximum Gasteiger partial charge on any atom is 0.0191 e. The van der Waals surface area contributed by atoms with Crippen LogP contribution in [0.25, 0.3) is 0 Å². The molecule has 1 aromatic rings. The Morgan fingerprint density at radius 1 is 1.33 bits per heavy atom. The lowest BCUT2D eigenvalue weighted by atomic mass is 10.4. The van der Waals surface area contributed by atoms with Gasteiger partial charge in [0.05, 0.1) is 0 Å². The van der Waals surface area contributed by atoms with E-state index in [1.54, 1.807) is 0 Å². The van der Waals surface area contributed by atoms with Crippen molar-refractivity contribution in [1.82, 2.24) is 5.32 Å². The van der Waals surface area contributed by atoms with Gasteiger partial charge in [-0.1, -0.05) is 29.8 Å². The van der Waals surface area contributed by atoms with E-state index in [4.69, 9.17) is 0 Å². The lowest BCUT2D eigenvalue weighted by Crippen LogP contribution is -2.23. The van der Waals surface area contributed by atoms with E-state index in [0.717, 1.165) is 17.6 Å². The SMILES string of the molecule is CCCNCC(C)Sc1ccc(Br)cc1. The van der Waals surface area contributed by atoms with Crippen LogP contribution in [0.1, 0.15) is 20.3 Å². The van der Waals surface area contributed by atoms with Crippen molar-refractivity contribution in [3.05, 3.63) is 28.7 Å². The molecule has 0 aliphatic heterocycles. The maximum absolute atomic E-state index is 3.44. The molecule has 15 heavy (non-hydrogen) atoms. The maximum atomic E-state index is 3.44. The quantitative estimate of drug-likeness (QED) is 0.629. The fourth-order valence-corrected chi connectivity index (χ4v) is 2.49. The molecule has 0 saturated heterocycles. The number of hydrogen-bond acceptors (Lipinski definition) is 2. The smallest absolute Gasteiger partial charge is 0.0191 e. The molecule has 3 heteroatoms. The van der Waals surface area contributed by atoms with Gasteiger partial charge in [0.15, 0.2) is 0 Å². The Labute approximate surface area is 105 Å². The first-order valence-corrected chi connectivity index (χ1v) is 7.02. The van der Waals surface area contributed by atoms with E-state index in [-0.39, 0.29) is 0 Å². The highest BCUT2D eigenvalue weighted by Gasteiger charge is 2.03. The van der Waals surface area contributed by atoms with Crippen LogP contribution in [-0.4, -0.2) is 18.3 Å². The summed E-state index contributed by atoms with van der Waals surface area (Å²) in [5, 5.41) is 4.06. The van der Waals surface area contributed by atoms with Crippen LogP contribution in [-0.2, 0) is 0 Å². The van der Waals surface area contributed by atoms with Crippen molar-refractivity contribution in [2.45, 2.75) is 30.4 Å². The lowest BCUT2D eigenvalue weighted by molar-refractivity contribution is 0.669. The summed E-state index contributed by atoms with van der Waals surface area (Å²) < 4.78 is 1.14. The summed E-state index contributed by atoms with van der Waals surface area (Å²) in [5.74, 6) is 0. The second kappa shape index (κ2) is 7.31. The zero-order valence-electron chi connectivity index (χ0n) is 9.29. The first-order valence-electron chi connectivity index (χ1n) is 5.35. The predicted octanol–water partition coefficient (Wildman–Crippen LogP) is 3.93. The molecule has 0 fully saturated rings. The van der Waals surface area contributed by atoms with Crippen molar-refractivity contribution >= 4 is 27.7 Å². The Bertz CT molecular complexity index is 273. The molecule has 0 bridgehead atoms. The second-order valence-corrected chi connectivity index (χ2v) is 6.01. The molecule has 0 aliphatic carbocycles. The van der Waals surface area contributed by atoms with Crippen molar-refractivity contribution in [3.63, 3.8) is 0 Å². The van der Waals surface area contributed by atoms with Crippen LogP contribution >= 0.6 is 27.7 Å². The predicted molar refractivity (Wildman–Crippen MR) is 72.6 cm³/mol. The highest BCUT2D eigenvalue weighted by molar-refractivity contribution is 9.10. The average molecular weight is 288 g/mol. The van der Waals surface area contributed by atoms with Gasteiger partial charge in [0.1, 0.15) is 0 Å². The minimum absolute atomic E-state index is 0.623. The van der Waals surface area contributed by atoms with Crippen LogP contribution in [0.4, 0.5) is 0 Å². The molecular formula is C12H18BrNS. The molecule has 0 aromatic heterocycles. The first kappa shape index (κ1) is 13.1. The molecule has 84 valence electrons. The van der Waals surface area contributed by atoms with Crippen molar-refractivity contribution in [3.8, 4) is 0 Å². The van der Waals surface area contributed by atoms with Crippen LogP contribution in [0.2, 0.25) is 0 Å². The topological polar surface area (TPSA) is 12.0 Å². The third kappa shape index (κ3) is 5.59. The number of hydrogen-bond donors (Lipinski definition) is 1. The van der Waals surface area contributed by atoms with E-state index < -0.39 is 0 Å². The van der Waals surface area contributed by atoms with E-state index in [1.165, 1.54) is 11.3 Å². The third-order valence-electron chi connectivity index (χ3n) is 2.01. The van der Waals surface area contributed by atoms with E-state index in [0.29, 0.717) is 5.25 Å². The van der Waals surface area contributed by atoms with Gasteiger partial charge in [-0.15, -0.1) is 11.8 Å². The van der Waals surface area contributed by atoms with Gasteiger partial charge in [0.25, 0.3) is 0 Å². The number of thioether (sulfide) groups is 1. The average Bonchev–Trinajstić information content (AvgIpc) is 2.22. The van der Waals surface area contributed by atoms with Gasteiger partial charge in [0, 0.05) is 21.2 Å². The molecule has 1 unspecified atom stereocenters. The first-order chi connectivity index (χ1) is 7.22. The van der Waals surface area contributed by atoms with Gasteiger partial charge in [-0.2, -0.15) is 0 Å². The minimum Gasteiger partial charge on any atom is -0.316 e. The summed E-state index contributed by atoms with van der Waals surface area (Å²) in [6.45, 7) is 6.65. The molecule has 0 saturated carbocycles. The zero-order valence-corrected chi connectivity index (χ0v) is 11.7. The Kier molecular flexibility index (Phi) is 6.37. The third-order valence-corrected chi connectivity index (χ3v) is 3.65. The molecule has 0 heterocycles. The van der Waals surface area contributed by atoms with Crippen LogP contribution in [0.15, 0.2) is 33.6 Å². The second-order valence-electron chi connectivity index (χ2n) is 3.59. The highest BCUT2D eigenvalue weighted by Crippen LogP contribution is 2.24. The number of rotatable bonds is 6. The Morgan fingerprint density at radius 2 is 2.00 bits per heavy atom. The molecule has 0 aliphatic rings. The number of nitrogens with one attached hydrogen (secondary N) is 1. The minimum atomic E-state index is 0.623. The normalized spacial score (nSPS) is 12.7. The summed E-state index contributed by atoms with van der Waals surface area (Å²) in [5.41, 5.74) is 0. The van der Waals surface area contributed by atoms with Gasteiger partial charge < -0.3 is 5.32 Å². The van der Waals surface area contributed by atoms with Gasteiger partial charge in [-0.3, -0.25) is 0 Å². The summed E-state index contributed by atoms with van der Waals surface area (Å²) in [7, 11) is 0. The Hall–Kier alpha value is 0.01000. The molecule has 1 rings (SSSR count). The van der Waals surface area contributed by atoms with E-state index in [2.05, 4.69) is 59.4 Å². The van der Waals surface area contributed by atoms with E-state index >= 15 is 0 Å². The van der Waals surface area contributed by atoms with E-state index in [1.807, 2.05) is 11.8 Å². The van der Waals surface area contributed by atoms with Gasteiger partial charge in [0.2, 0.25) is 0 Å². The highest BCUT2D eigenvalue weighted by atomic mass is 79.9. The van der Waals surface area contributed by atoms with Crippen molar-refractivity contribution < 1.29 is 0 Å². The van der Waals surface area contributed by atoms with Gasteiger partial charge >= 0.3 is 0 Å². The van der Waals surface area contributed by atoms with Crippen molar-refractivity contribution in [1.29, 1.82) is 0 Å². The Balaban J connectivity index is 2.31. The molecule has 1 N–H and O–H groups in total. The largest absolute Gasteiger partial charge is 0.316 e. The molecule has 1 atom stereocenters. The van der Waals surface area contributed by atoms with Crippen LogP contribution in [0, 0.1) is 0 Å². The molecule has 1 nitrogen and oxygen atoms in total. The fourth-order valence-electron chi connectivity index (χ4n) is 1.27. The fraction of sp³-hybridized carbons (Fsp3) is 0.500. The summed E-state index contributed by atoms with van der Waals surface area (Å²) in [4.78, 5) is 1.34. The van der Waals surface area contributed by atoms with Crippen molar-refractivity contribution in [2.24, 2.45) is 0 Å². The molecule has 1 aromatic carbocycles. The summed E-state index contributed by atoms with van der Waals surface area (Å²) in [6, 6.07) is 8.50. The van der Waals surface area contributed by atoms with Crippen LogP contribution < -0.4 is 5.32 Å². The monoisotopic (exact) mass is 287 g/mol. The Morgan fingerprint density at radius 3 is 2.60 bits per heavy atom. The zero-order chi connectivity index (χ0) is 11.1. The summed E-state index contributed by atoms with van der Waals surface area (Å²) in [6.07, 6.45) is 1.20. The van der Waals surface area contributed by atoms with Crippen molar-refractivity contribution in [2.75, 3.05) is 13.1 Å². The molecular weight excluding hydrogens is 270 g/mol. The van der Waals surface area contributed by atoms with Crippen LogP contribution in [0.5, 0.6) is 0 Å².